The summed E-state index contributed by atoms with van der Waals surface area (Å²) in [6, 6.07) is 27.0. The molecule has 302 valence electrons. The van der Waals surface area contributed by atoms with E-state index in [1.165, 1.54) is 27.3 Å². The van der Waals surface area contributed by atoms with Crippen molar-refractivity contribution in [3.63, 3.8) is 0 Å². The second-order valence-electron chi connectivity index (χ2n) is 13.0. The van der Waals surface area contributed by atoms with Gasteiger partial charge in [-0.1, -0.05) is 74.0 Å². The van der Waals surface area contributed by atoms with Crippen molar-refractivity contribution in [2.45, 2.75) is 26.7 Å². The van der Waals surface area contributed by atoms with Crippen LogP contribution in [0.2, 0.25) is 0 Å². The number of benzene rings is 3. The number of furan rings is 1. The van der Waals surface area contributed by atoms with Crippen LogP contribution in [-0.2, 0) is 34.4 Å². The highest BCUT2D eigenvalue weighted by Crippen LogP contribution is 2.38. The summed E-state index contributed by atoms with van der Waals surface area (Å²) in [5.74, 6) is -0.772. The molecule has 3 aromatic carbocycles. The Labute approximate surface area is 336 Å². The Morgan fingerprint density at radius 1 is 0.741 bits per heavy atom. The monoisotopic (exact) mass is 827 g/mol. The fourth-order valence-electron chi connectivity index (χ4n) is 6.20. The number of amides is 2. The smallest absolute Gasteiger partial charge is 0.285 e. The molecular weight excluding hydrogens is 787 g/mol. The molecule has 2 N–H and O–H groups in total. The number of anilines is 2. The Bertz CT molecular complexity index is 2630. The van der Waals surface area contributed by atoms with Crippen molar-refractivity contribution in [3.05, 3.63) is 132 Å². The third-order valence-electron chi connectivity index (χ3n) is 9.06. The Morgan fingerprint density at radius 2 is 1.29 bits per heavy atom. The minimum atomic E-state index is -4.06. The van der Waals surface area contributed by atoms with Crippen LogP contribution >= 0.6 is 0 Å². The van der Waals surface area contributed by atoms with Crippen LogP contribution in [0, 0.1) is 0 Å². The molecule has 7 rings (SSSR count). The molecular formula is C41H41N5O10S2. The average Bonchev–Trinajstić information content (AvgIpc) is 3.79. The molecule has 0 saturated heterocycles. The summed E-state index contributed by atoms with van der Waals surface area (Å²) in [6.45, 7) is 3.49. The fraction of sp³-hybridized carbons (Fsp3) is 0.220. The number of unbranched alkanes of at least 4 members (excludes halogenated alkanes) is 1. The molecule has 17 heteroatoms. The first-order chi connectivity index (χ1) is 27.8. The Morgan fingerprint density at radius 3 is 1.79 bits per heavy atom. The maximum absolute atomic E-state index is 13.2. The number of ketones is 1. The summed E-state index contributed by atoms with van der Waals surface area (Å²) in [6.07, 6.45) is 2.87. The lowest BCUT2D eigenvalue weighted by Crippen LogP contribution is -2.35. The van der Waals surface area contributed by atoms with Crippen molar-refractivity contribution in [2.75, 3.05) is 44.5 Å². The SMILES string of the molecule is CCCCN1C(=O)C(Nc2ccc(OC)nc2)=C(c2ccccc2)S1(=O)=O.COCCN1C(=O)C(Nc2ccc3oc(C(C)=O)cc3c2)=C(c2ccccc2)S1(=O)=O. The molecule has 0 atom stereocenters. The van der Waals surface area contributed by atoms with Gasteiger partial charge >= 0.3 is 0 Å². The van der Waals surface area contributed by atoms with Gasteiger partial charge in [0.15, 0.2) is 11.5 Å². The number of hydrogen-bond acceptors (Lipinski definition) is 13. The van der Waals surface area contributed by atoms with Crippen LogP contribution in [0.15, 0.2) is 119 Å². The van der Waals surface area contributed by atoms with Crippen molar-refractivity contribution in [1.82, 2.24) is 13.6 Å². The van der Waals surface area contributed by atoms with E-state index >= 15 is 0 Å². The number of rotatable bonds is 14. The van der Waals surface area contributed by atoms with Crippen LogP contribution in [0.4, 0.5) is 11.4 Å². The van der Waals surface area contributed by atoms with Crippen molar-refractivity contribution in [3.8, 4) is 5.88 Å². The number of aromatic nitrogens is 1. The van der Waals surface area contributed by atoms with E-state index in [2.05, 4.69) is 15.6 Å². The molecule has 58 heavy (non-hydrogen) atoms. The van der Waals surface area contributed by atoms with Crippen LogP contribution in [-0.4, -0.2) is 81.9 Å². The molecule has 2 aromatic heterocycles. The topological polar surface area (TPSA) is 195 Å². The van der Waals surface area contributed by atoms with Crippen LogP contribution in [0.3, 0.4) is 0 Å². The van der Waals surface area contributed by atoms with E-state index in [0.717, 1.165) is 15.0 Å². The van der Waals surface area contributed by atoms with Gasteiger partial charge in [0.2, 0.25) is 5.88 Å². The fourth-order valence-corrected chi connectivity index (χ4v) is 9.61. The Kier molecular flexibility index (Phi) is 12.4. The van der Waals surface area contributed by atoms with E-state index in [0.29, 0.717) is 45.8 Å². The number of carbonyl (C=O) groups excluding carboxylic acids is 3. The highest BCUT2D eigenvalue weighted by molar-refractivity contribution is 8.00. The number of nitrogens with zero attached hydrogens (tertiary/aromatic N) is 3. The lowest BCUT2D eigenvalue weighted by molar-refractivity contribution is -0.123. The van der Waals surface area contributed by atoms with Crippen LogP contribution < -0.4 is 15.4 Å². The minimum absolute atomic E-state index is 0.0139. The number of carbonyl (C=O) groups is 3. The van der Waals surface area contributed by atoms with Crippen molar-refractivity contribution in [1.29, 1.82) is 0 Å². The number of methoxy groups -OCH3 is 2. The summed E-state index contributed by atoms with van der Waals surface area (Å²) >= 11 is 0. The molecule has 2 aliphatic heterocycles. The predicted molar refractivity (Wildman–Crippen MR) is 219 cm³/mol. The normalized spacial score (nSPS) is 15.8. The number of ether oxygens (including phenoxy) is 2. The van der Waals surface area contributed by atoms with Gasteiger partial charge < -0.3 is 24.5 Å². The zero-order valence-electron chi connectivity index (χ0n) is 32.1. The molecule has 2 aliphatic rings. The zero-order chi connectivity index (χ0) is 41.6. The van der Waals surface area contributed by atoms with Crippen molar-refractivity contribution >= 4 is 69.8 Å². The van der Waals surface area contributed by atoms with Gasteiger partial charge in [-0.05, 0) is 47.9 Å². The highest BCUT2D eigenvalue weighted by Gasteiger charge is 2.45. The van der Waals surface area contributed by atoms with E-state index < -0.39 is 31.9 Å². The van der Waals surface area contributed by atoms with Crippen LogP contribution in [0.25, 0.3) is 20.8 Å². The molecule has 0 radical (unpaired) electrons. The molecule has 5 aromatic rings. The zero-order valence-corrected chi connectivity index (χ0v) is 33.7. The second kappa shape index (κ2) is 17.5. The Hall–Kier alpha value is -6.30. The lowest BCUT2D eigenvalue weighted by atomic mass is 10.1. The average molecular weight is 828 g/mol. The molecule has 0 fully saturated rings. The highest BCUT2D eigenvalue weighted by atomic mass is 32.2. The van der Waals surface area contributed by atoms with Gasteiger partial charge in [-0.15, -0.1) is 0 Å². The first-order valence-electron chi connectivity index (χ1n) is 18.1. The number of nitrogens with one attached hydrogen (secondary N) is 2. The van der Waals surface area contributed by atoms with Crippen molar-refractivity contribution in [2.24, 2.45) is 0 Å². The molecule has 0 saturated carbocycles. The Balaban J connectivity index is 0.000000198. The van der Waals surface area contributed by atoms with Crippen LogP contribution in [0.1, 0.15) is 48.4 Å². The number of hydrogen-bond donors (Lipinski definition) is 2. The van der Waals surface area contributed by atoms with Gasteiger partial charge in [-0.25, -0.2) is 30.4 Å². The summed E-state index contributed by atoms with van der Waals surface area (Å²) in [5, 5.41) is 6.57. The molecule has 0 bridgehead atoms. The summed E-state index contributed by atoms with van der Waals surface area (Å²) < 4.78 is 69.8. The van der Waals surface area contributed by atoms with Gasteiger partial charge in [0, 0.05) is 37.7 Å². The molecule has 2 amide bonds. The third-order valence-corrected chi connectivity index (χ3v) is 12.8. The molecule has 0 unspecified atom stereocenters. The number of fused-ring (bicyclic) bond motifs is 1. The number of pyridine rings is 1. The van der Waals surface area contributed by atoms with E-state index in [9.17, 15) is 31.2 Å². The minimum Gasteiger partial charge on any atom is -0.481 e. The quantitative estimate of drug-likeness (QED) is 0.123. The van der Waals surface area contributed by atoms with Gasteiger partial charge in [0.05, 0.1) is 32.1 Å². The largest absolute Gasteiger partial charge is 0.481 e. The first kappa shape index (κ1) is 41.3. The van der Waals surface area contributed by atoms with Crippen molar-refractivity contribution < 1.29 is 45.1 Å². The molecule has 0 spiro atoms. The first-order valence-corrected chi connectivity index (χ1v) is 21.0. The lowest BCUT2D eigenvalue weighted by Gasteiger charge is -2.16. The second-order valence-corrected chi connectivity index (χ2v) is 16.6. The van der Waals surface area contributed by atoms with Gasteiger partial charge in [-0.2, -0.15) is 0 Å². The number of sulfonamides is 2. The molecule has 15 nitrogen and oxygen atoms in total. The summed E-state index contributed by atoms with van der Waals surface area (Å²) in [4.78, 5) is 41.6. The summed E-state index contributed by atoms with van der Waals surface area (Å²) in [5.41, 5.74) is 2.36. The predicted octanol–water partition coefficient (Wildman–Crippen LogP) is 6.08. The van der Waals surface area contributed by atoms with E-state index in [4.69, 9.17) is 13.9 Å². The summed E-state index contributed by atoms with van der Waals surface area (Å²) in [7, 11) is -5.05. The maximum Gasteiger partial charge on any atom is 0.285 e. The maximum atomic E-state index is 13.2. The standard InChI is InChI=1S/C22H20N2O6S.C19H21N3O4S/c1-14(25)19-13-16-12-17(8-9-18(16)30-19)23-20-21(15-6-4-3-5-7-15)31(27,28)24(22(20)26)10-11-29-2;1-3-4-12-22-19(23)17(21-15-10-11-16(26-2)20-13-15)18(27(22,24)25)14-8-6-5-7-9-14/h3-9,12-13,23H,10-11H2,1-2H3;5-11,13,21H,3-4,12H2,1-2H3. The van der Waals surface area contributed by atoms with E-state index in [1.54, 1.807) is 97.1 Å². The molecule has 4 heterocycles. The van der Waals surface area contributed by atoms with Gasteiger partial charge in [0.1, 0.15) is 26.8 Å². The van der Waals surface area contributed by atoms with Gasteiger partial charge in [0.25, 0.3) is 31.9 Å². The van der Waals surface area contributed by atoms with Gasteiger partial charge in [-0.3, -0.25) is 14.4 Å². The molecule has 0 aliphatic carbocycles. The van der Waals surface area contributed by atoms with E-state index in [-0.39, 0.29) is 52.4 Å². The van der Waals surface area contributed by atoms with Crippen LogP contribution in [0.5, 0.6) is 5.88 Å². The van der Waals surface area contributed by atoms with E-state index in [1.807, 2.05) is 6.92 Å². The third kappa shape index (κ3) is 8.37. The number of Topliss-reactive ketones (excluding diaryl/α,β-unsaturated/α-hetero) is 1.